The number of imidazole rings is 1. The number of nitrogens with zero attached hydrogens (tertiary/aromatic N) is 2. The molecule has 5 nitrogen and oxygen atoms in total. The molecule has 1 aromatic rings. The van der Waals surface area contributed by atoms with E-state index in [1.165, 1.54) is 0 Å². The fraction of sp³-hybridized carbons (Fsp3) is 0.692. The number of hydrogen-bond donors (Lipinski definition) is 1. The zero-order valence-electron chi connectivity index (χ0n) is 11.9. The molecule has 1 rings (SSSR count). The molecule has 0 spiro atoms. The first-order valence-electron chi connectivity index (χ1n) is 6.25. The van der Waals surface area contributed by atoms with E-state index in [0.717, 1.165) is 5.82 Å². The van der Waals surface area contributed by atoms with Crippen molar-refractivity contribution in [3.8, 4) is 0 Å². The summed E-state index contributed by atoms with van der Waals surface area (Å²) in [4.78, 5) is 15.7. The van der Waals surface area contributed by atoms with Gasteiger partial charge in [0.05, 0.1) is 6.54 Å². The summed E-state index contributed by atoms with van der Waals surface area (Å²) in [5.74, 6) is 1.37. The lowest BCUT2D eigenvalue weighted by molar-refractivity contribution is 0.133. The van der Waals surface area contributed by atoms with Gasteiger partial charge in [0.2, 0.25) is 0 Å². The molecule has 18 heavy (non-hydrogen) atoms. The van der Waals surface area contributed by atoms with Crippen molar-refractivity contribution in [3.05, 3.63) is 18.2 Å². The molecule has 0 saturated carbocycles. The Hall–Kier alpha value is -1.52. The van der Waals surface area contributed by atoms with E-state index in [9.17, 15) is 4.79 Å². The van der Waals surface area contributed by atoms with Crippen LogP contribution in [-0.2, 0) is 11.3 Å². The van der Waals surface area contributed by atoms with Crippen LogP contribution in [0.25, 0.3) is 0 Å². The fourth-order valence-corrected chi connectivity index (χ4v) is 1.59. The van der Waals surface area contributed by atoms with E-state index >= 15 is 0 Å². The van der Waals surface area contributed by atoms with E-state index in [1.54, 1.807) is 6.20 Å². The third-order valence-electron chi connectivity index (χ3n) is 2.31. The summed E-state index contributed by atoms with van der Waals surface area (Å²) in [6, 6.07) is 0. The number of aromatic nitrogens is 2. The largest absolute Gasteiger partial charge is 0.448 e. The van der Waals surface area contributed by atoms with Gasteiger partial charge in [-0.3, -0.25) is 0 Å². The molecule has 5 heteroatoms. The first-order valence-corrected chi connectivity index (χ1v) is 6.25. The average Bonchev–Trinajstić information content (AvgIpc) is 2.62. The minimum Gasteiger partial charge on any atom is -0.448 e. The monoisotopic (exact) mass is 253 g/mol. The van der Waals surface area contributed by atoms with E-state index in [0.29, 0.717) is 19.1 Å². The second-order valence-corrected chi connectivity index (χ2v) is 5.64. The van der Waals surface area contributed by atoms with Crippen LogP contribution in [0.3, 0.4) is 0 Å². The molecular formula is C13H23N3O2. The van der Waals surface area contributed by atoms with Gasteiger partial charge in [0.25, 0.3) is 0 Å². The van der Waals surface area contributed by atoms with Crippen molar-refractivity contribution >= 4 is 6.09 Å². The van der Waals surface area contributed by atoms with E-state index in [1.807, 2.05) is 31.5 Å². The van der Waals surface area contributed by atoms with Crippen LogP contribution in [0.5, 0.6) is 0 Å². The Labute approximate surface area is 109 Å². The molecule has 1 amide bonds. The van der Waals surface area contributed by atoms with Gasteiger partial charge in [-0.25, -0.2) is 9.78 Å². The molecule has 0 saturated heterocycles. The Morgan fingerprint density at radius 1 is 1.50 bits per heavy atom. The smallest absolute Gasteiger partial charge is 0.407 e. The van der Waals surface area contributed by atoms with Crippen molar-refractivity contribution < 1.29 is 9.53 Å². The normalized spacial score (nSPS) is 11.7. The molecule has 0 unspecified atom stereocenters. The van der Waals surface area contributed by atoms with Crippen molar-refractivity contribution in [2.45, 2.75) is 52.6 Å². The molecule has 0 aliphatic carbocycles. The maximum Gasteiger partial charge on any atom is 0.407 e. The van der Waals surface area contributed by atoms with E-state index in [-0.39, 0.29) is 11.6 Å². The lowest BCUT2D eigenvalue weighted by Gasteiger charge is -2.20. The molecule has 0 fully saturated rings. The molecule has 102 valence electrons. The highest BCUT2D eigenvalue weighted by molar-refractivity contribution is 5.67. The molecule has 0 aliphatic heterocycles. The Morgan fingerprint density at radius 3 is 2.72 bits per heavy atom. The molecule has 1 N–H and O–H groups in total. The minimum atomic E-state index is -0.381. The molecule has 0 radical (unpaired) electrons. The summed E-state index contributed by atoms with van der Waals surface area (Å²) in [5.41, 5.74) is -0.269. The number of ether oxygens (including phenoxy) is 1. The highest BCUT2D eigenvalue weighted by Crippen LogP contribution is 2.11. The summed E-state index contributed by atoms with van der Waals surface area (Å²) in [6.07, 6.45) is 3.29. The summed E-state index contributed by atoms with van der Waals surface area (Å²) in [6.45, 7) is 10.9. The van der Waals surface area contributed by atoms with Crippen LogP contribution in [0.15, 0.2) is 12.4 Å². The lowest BCUT2D eigenvalue weighted by Crippen LogP contribution is -2.41. The van der Waals surface area contributed by atoms with Crippen molar-refractivity contribution in [1.29, 1.82) is 0 Å². The van der Waals surface area contributed by atoms with Crippen molar-refractivity contribution in [2.24, 2.45) is 0 Å². The second-order valence-electron chi connectivity index (χ2n) is 5.64. The van der Waals surface area contributed by atoms with Crippen LogP contribution in [0, 0.1) is 0 Å². The Balaban J connectivity index is 2.38. The van der Waals surface area contributed by atoms with Gasteiger partial charge in [0, 0.05) is 23.9 Å². The van der Waals surface area contributed by atoms with Gasteiger partial charge in [0.15, 0.2) is 0 Å². The number of carbonyl (C=O) groups is 1. The zero-order chi connectivity index (χ0) is 13.8. The van der Waals surface area contributed by atoms with Crippen LogP contribution in [-0.4, -0.2) is 27.8 Å². The van der Waals surface area contributed by atoms with Gasteiger partial charge in [-0.2, -0.15) is 0 Å². The van der Waals surface area contributed by atoms with E-state index in [4.69, 9.17) is 4.74 Å². The SMILES string of the molecule is CC(C)c1nccn1CCOC(=O)NC(C)(C)C. The van der Waals surface area contributed by atoms with Gasteiger partial charge in [-0.15, -0.1) is 0 Å². The van der Waals surface area contributed by atoms with Crippen molar-refractivity contribution in [1.82, 2.24) is 14.9 Å². The number of rotatable bonds is 4. The Morgan fingerprint density at radius 2 is 2.17 bits per heavy atom. The Kier molecular flexibility index (Phi) is 4.76. The highest BCUT2D eigenvalue weighted by Gasteiger charge is 2.14. The van der Waals surface area contributed by atoms with Gasteiger partial charge in [-0.05, 0) is 20.8 Å². The van der Waals surface area contributed by atoms with Crippen LogP contribution < -0.4 is 5.32 Å². The van der Waals surface area contributed by atoms with E-state index in [2.05, 4.69) is 24.1 Å². The first-order chi connectivity index (χ1) is 8.29. The molecule has 0 atom stereocenters. The van der Waals surface area contributed by atoms with Crippen LogP contribution >= 0.6 is 0 Å². The molecule has 1 aromatic heterocycles. The van der Waals surface area contributed by atoms with Crippen LogP contribution in [0.2, 0.25) is 0 Å². The summed E-state index contributed by atoms with van der Waals surface area (Å²) >= 11 is 0. The maximum absolute atomic E-state index is 11.4. The number of nitrogens with one attached hydrogen (secondary N) is 1. The predicted octanol–water partition coefficient (Wildman–Crippen LogP) is 2.53. The summed E-state index contributed by atoms with van der Waals surface area (Å²) < 4.78 is 7.14. The number of alkyl carbamates (subject to hydrolysis) is 1. The molecule has 0 bridgehead atoms. The quantitative estimate of drug-likeness (QED) is 0.897. The van der Waals surface area contributed by atoms with Gasteiger partial charge in [-0.1, -0.05) is 13.8 Å². The maximum atomic E-state index is 11.4. The lowest BCUT2D eigenvalue weighted by atomic mass is 10.1. The first kappa shape index (κ1) is 14.5. The Bertz CT molecular complexity index is 391. The molecular weight excluding hydrogens is 230 g/mol. The predicted molar refractivity (Wildman–Crippen MR) is 70.6 cm³/mol. The molecule has 1 heterocycles. The van der Waals surface area contributed by atoms with Gasteiger partial charge >= 0.3 is 6.09 Å². The number of amides is 1. The van der Waals surface area contributed by atoms with Crippen LogP contribution in [0.1, 0.15) is 46.4 Å². The van der Waals surface area contributed by atoms with Gasteiger partial charge < -0.3 is 14.6 Å². The third-order valence-corrected chi connectivity index (χ3v) is 2.31. The van der Waals surface area contributed by atoms with Crippen molar-refractivity contribution in [2.75, 3.05) is 6.61 Å². The number of hydrogen-bond acceptors (Lipinski definition) is 3. The van der Waals surface area contributed by atoms with Crippen molar-refractivity contribution in [3.63, 3.8) is 0 Å². The fourth-order valence-electron chi connectivity index (χ4n) is 1.59. The van der Waals surface area contributed by atoms with Gasteiger partial charge in [0.1, 0.15) is 12.4 Å². The molecule has 0 aromatic carbocycles. The minimum absolute atomic E-state index is 0.269. The summed E-state index contributed by atoms with van der Waals surface area (Å²) in [7, 11) is 0. The second kappa shape index (κ2) is 5.89. The number of carbonyl (C=O) groups excluding carboxylic acids is 1. The summed E-state index contributed by atoms with van der Waals surface area (Å²) in [5, 5.41) is 2.75. The van der Waals surface area contributed by atoms with Crippen LogP contribution in [0.4, 0.5) is 4.79 Å². The topological polar surface area (TPSA) is 56.2 Å². The molecule has 0 aliphatic rings. The third kappa shape index (κ3) is 4.77. The van der Waals surface area contributed by atoms with E-state index < -0.39 is 0 Å². The highest BCUT2D eigenvalue weighted by atomic mass is 16.5. The zero-order valence-corrected chi connectivity index (χ0v) is 11.9. The standard InChI is InChI=1S/C13H23N3O2/c1-10(2)11-14-6-7-16(11)8-9-18-12(17)15-13(3,4)5/h6-7,10H,8-9H2,1-5H3,(H,15,17). The average molecular weight is 253 g/mol.